The Morgan fingerprint density at radius 2 is 2.18 bits per heavy atom. The van der Waals surface area contributed by atoms with Gasteiger partial charge in [-0.05, 0) is 72.5 Å². The molecule has 1 saturated carbocycles. The molecular weight excluding hydrogens is 323 g/mol. The summed E-state index contributed by atoms with van der Waals surface area (Å²) in [5.74, 6) is 0.943. The fraction of sp³-hybridized carbons (Fsp3) is 0.571. The van der Waals surface area contributed by atoms with E-state index in [1.165, 1.54) is 48.2 Å². The molecule has 1 aliphatic carbocycles. The molecule has 1 aromatic carbocycles. The van der Waals surface area contributed by atoms with Crippen LogP contribution in [0.5, 0.6) is 0 Å². The normalized spacial score (nSPS) is 25.7. The first-order chi connectivity index (χ1) is 8.33. The average molecular weight is 342 g/mol. The minimum Gasteiger partial charge on any atom is -0.370 e. The molecule has 0 aromatic heterocycles. The number of benzene rings is 1. The summed E-state index contributed by atoms with van der Waals surface area (Å²) in [6.45, 7) is 3.56. The molecule has 2 nitrogen and oxygen atoms in total. The van der Waals surface area contributed by atoms with Gasteiger partial charge in [-0.1, -0.05) is 6.07 Å². The Morgan fingerprint density at radius 3 is 2.94 bits per heavy atom. The van der Waals surface area contributed by atoms with Crippen LogP contribution in [0, 0.1) is 9.49 Å². The fourth-order valence-electron chi connectivity index (χ4n) is 2.67. The zero-order valence-electron chi connectivity index (χ0n) is 10.0. The van der Waals surface area contributed by atoms with E-state index in [0.29, 0.717) is 0 Å². The van der Waals surface area contributed by atoms with Crippen molar-refractivity contribution in [2.24, 2.45) is 5.92 Å². The second kappa shape index (κ2) is 5.14. The van der Waals surface area contributed by atoms with Crippen LogP contribution in [0.25, 0.3) is 0 Å². The van der Waals surface area contributed by atoms with E-state index < -0.39 is 0 Å². The highest BCUT2D eigenvalue weighted by molar-refractivity contribution is 14.1. The summed E-state index contributed by atoms with van der Waals surface area (Å²) < 4.78 is 1.33. The average Bonchev–Trinajstić information content (AvgIpc) is 3.15. The van der Waals surface area contributed by atoms with E-state index in [9.17, 15) is 0 Å². The number of nitrogens with zero attached hydrogens (tertiary/aromatic N) is 1. The van der Waals surface area contributed by atoms with Crippen LogP contribution in [0.1, 0.15) is 19.3 Å². The SMILES string of the molecule is Ic1cccc(N2CCCNC(C3CC3)C2)c1. The van der Waals surface area contributed by atoms with Gasteiger partial charge in [-0.2, -0.15) is 0 Å². The molecule has 0 radical (unpaired) electrons. The van der Waals surface area contributed by atoms with Crippen molar-refractivity contribution in [1.82, 2.24) is 5.32 Å². The molecule has 1 unspecified atom stereocenters. The van der Waals surface area contributed by atoms with Gasteiger partial charge in [0.25, 0.3) is 0 Å². The molecule has 3 rings (SSSR count). The van der Waals surface area contributed by atoms with E-state index in [1.54, 1.807) is 0 Å². The maximum atomic E-state index is 3.71. The van der Waals surface area contributed by atoms with Crippen LogP contribution in [0.3, 0.4) is 0 Å². The number of anilines is 1. The van der Waals surface area contributed by atoms with Crippen LogP contribution in [-0.2, 0) is 0 Å². The Bertz CT molecular complexity index is 390. The van der Waals surface area contributed by atoms with Crippen LogP contribution in [0.4, 0.5) is 5.69 Å². The second-order valence-electron chi connectivity index (χ2n) is 5.18. The van der Waals surface area contributed by atoms with Crippen molar-refractivity contribution in [2.45, 2.75) is 25.3 Å². The third kappa shape index (κ3) is 2.94. The van der Waals surface area contributed by atoms with Gasteiger partial charge in [0.05, 0.1) is 0 Å². The van der Waals surface area contributed by atoms with Gasteiger partial charge in [0.1, 0.15) is 0 Å². The molecule has 92 valence electrons. The Morgan fingerprint density at radius 1 is 1.29 bits per heavy atom. The van der Waals surface area contributed by atoms with Crippen LogP contribution < -0.4 is 10.2 Å². The Balaban J connectivity index is 1.76. The van der Waals surface area contributed by atoms with E-state index >= 15 is 0 Å². The monoisotopic (exact) mass is 342 g/mol. The van der Waals surface area contributed by atoms with Crippen LogP contribution >= 0.6 is 22.6 Å². The standard InChI is InChI=1S/C14H19IN2/c15-12-3-1-4-13(9-12)17-8-2-7-16-14(10-17)11-5-6-11/h1,3-4,9,11,14,16H,2,5-8,10H2. The molecule has 1 heterocycles. The van der Waals surface area contributed by atoms with Crippen LogP contribution in [0.2, 0.25) is 0 Å². The molecular formula is C14H19IN2. The molecule has 0 bridgehead atoms. The van der Waals surface area contributed by atoms with Gasteiger partial charge < -0.3 is 10.2 Å². The molecule has 1 aliphatic heterocycles. The van der Waals surface area contributed by atoms with E-state index in [4.69, 9.17) is 0 Å². The summed E-state index contributed by atoms with van der Waals surface area (Å²) in [6.07, 6.45) is 4.12. The molecule has 1 saturated heterocycles. The first-order valence-corrected chi connectivity index (χ1v) is 7.65. The first kappa shape index (κ1) is 11.8. The van der Waals surface area contributed by atoms with Gasteiger partial charge in [-0.3, -0.25) is 0 Å². The third-order valence-electron chi connectivity index (χ3n) is 3.79. The lowest BCUT2D eigenvalue weighted by Gasteiger charge is -2.26. The van der Waals surface area contributed by atoms with Crippen molar-refractivity contribution in [3.05, 3.63) is 27.8 Å². The lowest BCUT2D eigenvalue weighted by molar-refractivity contribution is 0.490. The van der Waals surface area contributed by atoms with Crippen molar-refractivity contribution in [3.63, 3.8) is 0 Å². The van der Waals surface area contributed by atoms with Crippen molar-refractivity contribution < 1.29 is 0 Å². The second-order valence-corrected chi connectivity index (χ2v) is 6.42. The Kier molecular flexibility index (Phi) is 3.56. The molecule has 2 fully saturated rings. The molecule has 0 amide bonds. The van der Waals surface area contributed by atoms with Crippen molar-refractivity contribution >= 4 is 28.3 Å². The van der Waals surface area contributed by atoms with Gasteiger partial charge in [0.2, 0.25) is 0 Å². The van der Waals surface area contributed by atoms with E-state index in [-0.39, 0.29) is 0 Å². The summed E-state index contributed by atoms with van der Waals surface area (Å²) in [7, 11) is 0. The highest BCUT2D eigenvalue weighted by Gasteiger charge is 2.33. The molecule has 1 N–H and O–H groups in total. The van der Waals surface area contributed by atoms with Crippen molar-refractivity contribution in [1.29, 1.82) is 0 Å². The minimum absolute atomic E-state index is 0.718. The molecule has 3 heteroatoms. The lowest BCUT2D eigenvalue weighted by Crippen LogP contribution is -2.39. The zero-order chi connectivity index (χ0) is 11.7. The highest BCUT2D eigenvalue weighted by Crippen LogP contribution is 2.34. The quantitative estimate of drug-likeness (QED) is 0.832. The maximum absolute atomic E-state index is 3.71. The number of hydrogen-bond donors (Lipinski definition) is 1. The maximum Gasteiger partial charge on any atom is 0.0377 e. The fourth-order valence-corrected chi connectivity index (χ4v) is 3.20. The number of rotatable bonds is 2. The predicted octanol–water partition coefficient (Wildman–Crippen LogP) is 2.87. The summed E-state index contributed by atoms with van der Waals surface area (Å²) >= 11 is 2.40. The summed E-state index contributed by atoms with van der Waals surface area (Å²) in [5, 5.41) is 3.71. The topological polar surface area (TPSA) is 15.3 Å². The highest BCUT2D eigenvalue weighted by atomic mass is 127. The summed E-state index contributed by atoms with van der Waals surface area (Å²) in [5.41, 5.74) is 1.39. The van der Waals surface area contributed by atoms with E-state index in [0.717, 1.165) is 12.0 Å². The zero-order valence-corrected chi connectivity index (χ0v) is 12.2. The molecule has 1 aromatic rings. The van der Waals surface area contributed by atoms with E-state index in [1.807, 2.05) is 0 Å². The third-order valence-corrected chi connectivity index (χ3v) is 4.46. The van der Waals surface area contributed by atoms with Crippen molar-refractivity contribution in [3.8, 4) is 0 Å². The van der Waals surface area contributed by atoms with Crippen molar-refractivity contribution in [2.75, 3.05) is 24.5 Å². The van der Waals surface area contributed by atoms with Gasteiger partial charge in [-0.25, -0.2) is 0 Å². The molecule has 0 spiro atoms. The largest absolute Gasteiger partial charge is 0.370 e. The first-order valence-electron chi connectivity index (χ1n) is 6.57. The molecule has 17 heavy (non-hydrogen) atoms. The number of halogens is 1. The minimum atomic E-state index is 0.718. The Labute approximate surface area is 117 Å². The lowest BCUT2D eigenvalue weighted by atomic mass is 10.1. The summed E-state index contributed by atoms with van der Waals surface area (Å²) in [4.78, 5) is 2.56. The molecule has 2 aliphatic rings. The smallest absolute Gasteiger partial charge is 0.0377 e. The number of nitrogens with one attached hydrogen (secondary N) is 1. The van der Waals surface area contributed by atoms with Crippen LogP contribution in [-0.4, -0.2) is 25.7 Å². The van der Waals surface area contributed by atoms with Gasteiger partial charge in [-0.15, -0.1) is 0 Å². The number of hydrogen-bond acceptors (Lipinski definition) is 2. The molecule has 1 atom stereocenters. The van der Waals surface area contributed by atoms with Gasteiger partial charge >= 0.3 is 0 Å². The van der Waals surface area contributed by atoms with Gasteiger partial charge in [0, 0.05) is 28.4 Å². The summed E-state index contributed by atoms with van der Waals surface area (Å²) in [6, 6.07) is 9.60. The van der Waals surface area contributed by atoms with Crippen LogP contribution in [0.15, 0.2) is 24.3 Å². The van der Waals surface area contributed by atoms with Gasteiger partial charge in [0.15, 0.2) is 0 Å². The predicted molar refractivity (Wildman–Crippen MR) is 80.5 cm³/mol. The Hall–Kier alpha value is -0.290. The van der Waals surface area contributed by atoms with E-state index in [2.05, 4.69) is 57.1 Å².